The van der Waals surface area contributed by atoms with Crippen LogP contribution in [0.25, 0.3) is 0 Å². The quantitative estimate of drug-likeness (QED) is 0.885. The maximum absolute atomic E-state index is 13.6. The van der Waals surface area contributed by atoms with Gasteiger partial charge in [0.15, 0.2) is 5.82 Å². The molecule has 2 rings (SSSR count). The molecule has 2 aromatic rings. The zero-order valence-corrected chi connectivity index (χ0v) is 11.4. The molecule has 0 aliphatic rings. The van der Waals surface area contributed by atoms with Gasteiger partial charge in [-0.2, -0.15) is 5.10 Å². The second-order valence-corrected chi connectivity index (χ2v) is 5.77. The number of sulfonamides is 1. The topological polar surface area (TPSA) is 92.2 Å². The van der Waals surface area contributed by atoms with Crippen LogP contribution in [-0.4, -0.2) is 23.7 Å². The van der Waals surface area contributed by atoms with Gasteiger partial charge in [0, 0.05) is 11.8 Å². The van der Waals surface area contributed by atoms with Crippen LogP contribution in [0.1, 0.15) is 11.1 Å². The van der Waals surface area contributed by atoms with E-state index in [-0.39, 0.29) is 21.8 Å². The molecule has 1 aromatic carbocycles. The largest absolute Gasteiger partial charge is 0.392 e. The Labute approximate surface area is 115 Å². The molecule has 1 heterocycles. The second kappa shape index (κ2) is 5.51. The summed E-state index contributed by atoms with van der Waals surface area (Å²) in [6, 6.07) is 5.24. The van der Waals surface area contributed by atoms with E-state index in [4.69, 9.17) is 5.11 Å². The first-order valence-electron chi connectivity index (χ1n) is 5.64. The van der Waals surface area contributed by atoms with Gasteiger partial charge in [0.1, 0.15) is 5.82 Å². The maximum Gasteiger partial charge on any atom is 0.263 e. The Morgan fingerprint density at radius 3 is 2.75 bits per heavy atom. The molecule has 106 valence electrons. The van der Waals surface area contributed by atoms with Gasteiger partial charge >= 0.3 is 0 Å². The van der Waals surface area contributed by atoms with Gasteiger partial charge in [-0.3, -0.25) is 4.72 Å². The average Bonchev–Trinajstić information content (AvgIpc) is 2.42. The fourth-order valence-electron chi connectivity index (χ4n) is 1.63. The van der Waals surface area contributed by atoms with Crippen molar-refractivity contribution in [2.24, 2.45) is 0 Å². The van der Waals surface area contributed by atoms with Crippen LogP contribution < -0.4 is 4.72 Å². The Morgan fingerprint density at radius 1 is 1.40 bits per heavy atom. The highest BCUT2D eigenvalue weighted by molar-refractivity contribution is 7.92. The Balaban J connectivity index is 2.42. The van der Waals surface area contributed by atoms with Crippen molar-refractivity contribution in [3.05, 3.63) is 47.4 Å². The van der Waals surface area contributed by atoms with Crippen LogP contribution in [0.5, 0.6) is 0 Å². The summed E-state index contributed by atoms with van der Waals surface area (Å²) in [6.45, 7) is 0.844. The minimum Gasteiger partial charge on any atom is -0.392 e. The number of rotatable bonds is 4. The van der Waals surface area contributed by atoms with Gasteiger partial charge in [-0.15, -0.1) is 5.10 Å². The molecule has 0 unspecified atom stereocenters. The lowest BCUT2D eigenvalue weighted by atomic mass is 10.1. The number of benzene rings is 1. The molecule has 6 nitrogen and oxygen atoms in total. The smallest absolute Gasteiger partial charge is 0.263 e. The molecule has 0 saturated carbocycles. The van der Waals surface area contributed by atoms with Crippen molar-refractivity contribution in [3.63, 3.8) is 0 Å². The SMILES string of the molecule is Cc1cc(S(=O)(=O)Nc2cccnn2)cc(CO)c1F. The van der Waals surface area contributed by atoms with Crippen LogP contribution in [-0.2, 0) is 16.6 Å². The van der Waals surface area contributed by atoms with Gasteiger partial charge in [0.05, 0.1) is 11.5 Å². The van der Waals surface area contributed by atoms with Crippen molar-refractivity contribution >= 4 is 15.8 Å². The minimum atomic E-state index is -3.92. The van der Waals surface area contributed by atoms with E-state index in [1.807, 2.05) is 0 Å². The van der Waals surface area contributed by atoms with E-state index in [2.05, 4.69) is 14.9 Å². The third-order valence-electron chi connectivity index (χ3n) is 2.60. The summed E-state index contributed by atoms with van der Waals surface area (Å²) in [5, 5.41) is 16.2. The van der Waals surface area contributed by atoms with Crippen molar-refractivity contribution in [2.45, 2.75) is 18.4 Å². The molecule has 8 heteroatoms. The molecule has 2 N–H and O–H groups in total. The van der Waals surface area contributed by atoms with Crippen molar-refractivity contribution in [2.75, 3.05) is 4.72 Å². The monoisotopic (exact) mass is 297 g/mol. The molecule has 0 radical (unpaired) electrons. The number of aliphatic hydroxyl groups is 1. The lowest BCUT2D eigenvalue weighted by Crippen LogP contribution is -2.15. The Morgan fingerprint density at radius 2 is 2.15 bits per heavy atom. The van der Waals surface area contributed by atoms with Gasteiger partial charge in [-0.1, -0.05) is 0 Å². The number of anilines is 1. The Kier molecular flexibility index (Phi) is 3.96. The molecular weight excluding hydrogens is 285 g/mol. The molecule has 0 bridgehead atoms. The summed E-state index contributed by atoms with van der Waals surface area (Å²) in [5.74, 6) is -0.564. The summed E-state index contributed by atoms with van der Waals surface area (Å²) in [6.07, 6.45) is 1.41. The van der Waals surface area contributed by atoms with E-state index in [0.717, 1.165) is 6.07 Å². The first kappa shape index (κ1) is 14.4. The molecule has 20 heavy (non-hydrogen) atoms. The molecule has 1 aromatic heterocycles. The van der Waals surface area contributed by atoms with Crippen LogP contribution in [0.3, 0.4) is 0 Å². The first-order chi connectivity index (χ1) is 9.44. The van der Waals surface area contributed by atoms with Crippen LogP contribution in [0, 0.1) is 12.7 Å². The number of hydrogen-bond acceptors (Lipinski definition) is 5. The number of nitrogens with zero attached hydrogens (tertiary/aromatic N) is 2. The number of hydrogen-bond donors (Lipinski definition) is 2. The Hall–Kier alpha value is -2.06. The number of nitrogens with one attached hydrogen (secondary N) is 1. The molecule has 0 spiro atoms. The van der Waals surface area contributed by atoms with Gasteiger partial charge in [0.2, 0.25) is 0 Å². The summed E-state index contributed by atoms with van der Waals surface area (Å²) in [4.78, 5) is -0.147. The van der Waals surface area contributed by atoms with Gasteiger partial charge in [-0.05, 0) is 36.8 Å². The Bertz CT molecular complexity index is 720. The standard InChI is InChI=1S/C12H12FN3O3S/c1-8-5-10(6-9(7-17)12(8)13)20(18,19)16-11-3-2-4-14-15-11/h2-6,17H,7H2,1H3,(H,15,16). The highest BCUT2D eigenvalue weighted by Crippen LogP contribution is 2.21. The maximum atomic E-state index is 13.6. The van der Waals surface area contributed by atoms with Crippen LogP contribution in [0.4, 0.5) is 10.2 Å². The van der Waals surface area contributed by atoms with Gasteiger partial charge in [-0.25, -0.2) is 12.8 Å². The lowest BCUT2D eigenvalue weighted by molar-refractivity contribution is 0.275. The second-order valence-electron chi connectivity index (χ2n) is 4.09. The number of aryl methyl sites for hydroxylation is 1. The molecule has 0 aliphatic heterocycles. The highest BCUT2D eigenvalue weighted by Gasteiger charge is 2.18. The summed E-state index contributed by atoms with van der Waals surface area (Å²) >= 11 is 0. The number of aromatic nitrogens is 2. The molecule has 0 saturated heterocycles. The third-order valence-corrected chi connectivity index (χ3v) is 3.93. The van der Waals surface area contributed by atoms with E-state index >= 15 is 0 Å². The zero-order valence-electron chi connectivity index (χ0n) is 10.5. The van der Waals surface area contributed by atoms with Gasteiger partial charge in [0.25, 0.3) is 10.0 Å². The summed E-state index contributed by atoms with van der Waals surface area (Å²) in [5.41, 5.74) is 0.0561. The van der Waals surface area contributed by atoms with Crippen LogP contribution in [0.2, 0.25) is 0 Å². The van der Waals surface area contributed by atoms with E-state index in [1.54, 1.807) is 0 Å². The van der Waals surface area contributed by atoms with Gasteiger partial charge < -0.3 is 5.11 Å². The summed E-state index contributed by atoms with van der Waals surface area (Å²) < 4.78 is 40.1. The third kappa shape index (κ3) is 2.91. The van der Waals surface area contributed by atoms with E-state index < -0.39 is 22.4 Å². The normalized spacial score (nSPS) is 11.3. The fourth-order valence-corrected chi connectivity index (χ4v) is 2.76. The van der Waals surface area contributed by atoms with Crippen molar-refractivity contribution < 1.29 is 17.9 Å². The van der Waals surface area contributed by atoms with Crippen LogP contribution >= 0.6 is 0 Å². The molecule has 0 fully saturated rings. The van der Waals surface area contributed by atoms with Crippen molar-refractivity contribution in [3.8, 4) is 0 Å². The minimum absolute atomic E-state index is 0.0556. The number of aliphatic hydroxyl groups excluding tert-OH is 1. The predicted molar refractivity (Wildman–Crippen MR) is 69.9 cm³/mol. The fraction of sp³-hybridized carbons (Fsp3) is 0.167. The van der Waals surface area contributed by atoms with E-state index in [1.165, 1.54) is 31.3 Å². The lowest BCUT2D eigenvalue weighted by Gasteiger charge is -2.10. The summed E-state index contributed by atoms with van der Waals surface area (Å²) in [7, 11) is -3.92. The predicted octanol–water partition coefficient (Wildman–Crippen LogP) is 1.22. The molecule has 0 atom stereocenters. The highest BCUT2D eigenvalue weighted by atomic mass is 32.2. The van der Waals surface area contributed by atoms with Crippen molar-refractivity contribution in [1.29, 1.82) is 0 Å². The zero-order chi connectivity index (χ0) is 14.8. The molecule has 0 aliphatic carbocycles. The van der Waals surface area contributed by atoms with E-state index in [0.29, 0.717) is 0 Å². The number of halogens is 1. The molecule has 0 amide bonds. The average molecular weight is 297 g/mol. The van der Waals surface area contributed by atoms with Crippen molar-refractivity contribution in [1.82, 2.24) is 10.2 Å². The first-order valence-corrected chi connectivity index (χ1v) is 7.13. The van der Waals surface area contributed by atoms with Crippen LogP contribution in [0.15, 0.2) is 35.4 Å². The van der Waals surface area contributed by atoms with E-state index in [9.17, 15) is 12.8 Å². The molecular formula is C12H12FN3O3S.